The van der Waals surface area contributed by atoms with Crippen LogP contribution < -0.4 is 5.32 Å². The summed E-state index contributed by atoms with van der Waals surface area (Å²) >= 11 is 0. The molecule has 0 spiro atoms. The topological polar surface area (TPSA) is 78.7 Å². The third-order valence-corrected chi connectivity index (χ3v) is 3.97. The fraction of sp³-hybridized carbons (Fsp3) is 0.100. The Kier molecular flexibility index (Phi) is 5.21. The van der Waals surface area contributed by atoms with Crippen LogP contribution in [0.2, 0.25) is 0 Å². The lowest BCUT2D eigenvalue weighted by atomic mass is 10.0. The predicted molar refractivity (Wildman–Crippen MR) is 100 cm³/mol. The fourth-order valence-electron chi connectivity index (χ4n) is 2.57. The van der Waals surface area contributed by atoms with E-state index in [2.05, 4.69) is 15.3 Å². The number of nitrogens with one attached hydrogen (secondary N) is 2. The van der Waals surface area contributed by atoms with Crippen molar-refractivity contribution in [3.8, 4) is 11.1 Å². The molecule has 0 bridgehead atoms. The summed E-state index contributed by atoms with van der Waals surface area (Å²) in [5, 5.41) is 10.4. The second kappa shape index (κ2) is 7.59. The van der Waals surface area contributed by atoms with Gasteiger partial charge in [0.2, 0.25) is 0 Å². The van der Waals surface area contributed by atoms with Crippen molar-refractivity contribution >= 4 is 23.5 Å². The van der Waals surface area contributed by atoms with E-state index in [-0.39, 0.29) is 11.6 Å². The zero-order valence-electron chi connectivity index (χ0n) is 14.7. The Morgan fingerprint density at radius 2 is 1.86 bits per heavy atom. The highest BCUT2D eigenvalue weighted by Crippen LogP contribution is 2.30. The van der Waals surface area contributed by atoms with Gasteiger partial charge in [-0.3, -0.25) is 9.78 Å². The number of ketones is 1. The Labute approximate surface area is 158 Å². The van der Waals surface area contributed by atoms with Crippen molar-refractivity contribution in [3.63, 3.8) is 0 Å². The second-order valence-corrected chi connectivity index (χ2v) is 5.96. The maximum atomic E-state index is 12.9. The molecule has 0 fully saturated rings. The Hall–Kier alpha value is -3.55. The van der Waals surface area contributed by atoms with Crippen molar-refractivity contribution in [1.29, 1.82) is 5.41 Å². The summed E-state index contributed by atoms with van der Waals surface area (Å²) in [7, 11) is 0. The van der Waals surface area contributed by atoms with Gasteiger partial charge in [0, 0.05) is 30.6 Å². The van der Waals surface area contributed by atoms with Gasteiger partial charge in [0.05, 0.1) is 0 Å². The largest absolute Gasteiger partial charge is 0.433 e. The fourth-order valence-corrected chi connectivity index (χ4v) is 2.57. The number of carbonyl (C=O) groups excluding carboxylic acids is 1. The monoisotopic (exact) mass is 384 g/mol. The maximum absolute atomic E-state index is 12.9. The number of hydrogen-bond donors (Lipinski definition) is 2. The number of halogens is 3. The van der Waals surface area contributed by atoms with E-state index in [1.807, 2.05) is 0 Å². The van der Waals surface area contributed by atoms with E-state index in [4.69, 9.17) is 5.41 Å². The minimum atomic E-state index is -4.55. The number of pyridine rings is 2. The summed E-state index contributed by atoms with van der Waals surface area (Å²) in [6.45, 7) is 1.41. The van der Waals surface area contributed by atoms with Crippen LogP contribution in [-0.2, 0) is 6.18 Å². The highest BCUT2D eigenvalue weighted by atomic mass is 19.4. The maximum Gasteiger partial charge on any atom is 0.433 e. The number of aromatic nitrogens is 2. The van der Waals surface area contributed by atoms with Crippen LogP contribution in [0.3, 0.4) is 0 Å². The molecule has 1 aromatic carbocycles. The zero-order valence-corrected chi connectivity index (χ0v) is 14.7. The first-order valence-corrected chi connectivity index (χ1v) is 8.21. The minimum Gasteiger partial charge on any atom is -0.340 e. The molecule has 5 nitrogen and oxygen atoms in total. The number of nitrogens with zero attached hydrogens (tertiary/aromatic N) is 2. The highest BCUT2D eigenvalue weighted by Gasteiger charge is 2.32. The molecule has 0 aliphatic rings. The van der Waals surface area contributed by atoms with Crippen molar-refractivity contribution in [3.05, 3.63) is 71.7 Å². The van der Waals surface area contributed by atoms with Gasteiger partial charge in [0.25, 0.3) is 0 Å². The Morgan fingerprint density at radius 1 is 1.11 bits per heavy atom. The van der Waals surface area contributed by atoms with Gasteiger partial charge in [-0.2, -0.15) is 13.2 Å². The molecule has 0 unspecified atom stereocenters. The van der Waals surface area contributed by atoms with E-state index < -0.39 is 11.9 Å². The first kappa shape index (κ1) is 19.2. The molecule has 28 heavy (non-hydrogen) atoms. The van der Waals surface area contributed by atoms with Crippen molar-refractivity contribution < 1.29 is 18.0 Å². The number of benzene rings is 1. The number of rotatable bonds is 5. The van der Waals surface area contributed by atoms with Gasteiger partial charge in [-0.05, 0) is 41.5 Å². The standard InChI is InChI=1S/C20H15F3N4O/c1-12(28)16-9-14(7-8-25-16)13-5-6-15(11-24)17(10-13)26-19-4-2-3-18(27-19)20(21,22)23/h2-11,24H,1H3,(H,26,27). The van der Waals surface area contributed by atoms with E-state index in [1.54, 1.807) is 30.3 Å². The lowest BCUT2D eigenvalue weighted by Gasteiger charge is -2.13. The number of anilines is 2. The van der Waals surface area contributed by atoms with Gasteiger partial charge in [-0.1, -0.05) is 18.2 Å². The SMILES string of the molecule is CC(=O)c1cc(-c2ccc(C=N)c(Nc3cccc(C(F)(F)F)n3)c2)ccn1. The Balaban J connectivity index is 2.00. The van der Waals surface area contributed by atoms with Crippen LogP contribution in [0.25, 0.3) is 11.1 Å². The lowest BCUT2D eigenvalue weighted by molar-refractivity contribution is -0.141. The molecular weight excluding hydrogens is 369 g/mol. The predicted octanol–water partition coefficient (Wildman–Crippen LogP) is 5.11. The van der Waals surface area contributed by atoms with Gasteiger partial charge in [0.1, 0.15) is 17.2 Å². The Morgan fingerprint density at radius 3 is 2.54 bits per heavy atom. The van der Waals surface area contributed by atoms with Crippen LogP contribution in [-0.4, -0.2) is 22.0 Å². The summed E-state index contributed by atoms with van der Waals surface area (Å²) in [6.07, 6.45) is -1.95. The van der Waals surface area contributed by atoms with Crippen LogP contribution in [0.1, 0.15) is 28.7 Å². The summed E-state index contributed by atoms with van der Waals surface area (Å²) < 4.78 is 38.6. The average molecular weight is 384 g/mol. The van der Waals surface area contributed by atoms with Crippen LogP contribution in [0.4, 0.5) is 24.7 Å². The molecule has 0 amide bonds. The molecule has 3 rings (SSSR count). The number of carbonyl (C=O) groups is 1. The highest BCUT2D eigenvalue weighted by molar-refractivity contribution is 5.94. The molecule has 0 radical (unpaired) electrons. The molecule has 0 atom stereocenters. The van der Waals surface area contributed by atoms with Gasteiger partial charge in [0.15, 0.2) is 5.78 Å². The van der Waals surface area contributed by atoms with Crippen LogP contribution >= 0.6 is 0 Å². The zero-order chi connectivity index (χ0) is 20.3. The average Bonchev–Trinajstić information content (AvgIpc) is 2.67. The van der Waals surface area contributed by atoms with E-state index in [1.165, 1.54) is 25.3 Å². The first-order chi connectivity index (χ1) is 13.3. The second-order valence-electron chi connectivity index (χ2n) is 5.96. The minimum absolute atomic E-state index is 0.00854. The van der Waals surface area contributed by atoms with Gasteiger partial charge in [-0.15, -0.1) is 0 Å². The summed E-state index contributed by atoms with van der Waals surface area (Å²) in [5.74, 6) is -0.168. The summed E-state index contributed by atoms with van der Waals surface area (Å²) in [4.78, 5) is 19.1. The lowest BCUT2D eigenvalue weighted by Crippen LogP contribution is -2.09. The van der Waals surface area contributed by atoms with Crippen LogP contribution in [0, 0.1) is 5.41 Å². The molecular formula is C20H15F3N4O. The molecule has 142 valence electrons. The third-order valence-electron chi connectivity index (χ3n) is 3.97. The quantitative estimate of drug-likeness (QED) is 0.473. The third kappa shape index (κ3) is 4.22. The van der Waals surface area contributed by atoms with Gasteiger partial charge >= 0.3 is 6.18 Å². The molecule has 2 N–H and O–H groups in total. The first-order valence-electron chi connectivity index (χ1n) is 8.21. The smallest absolute Gasteiger partial charge is 0.340 e. The molecule has 0 saturated heterocycles. The number of alkyl halides is 3. The van der Waals surface area contributed by atoms with E-state index in [0.29, 0.717) is 22.5 Å². The van der Waals surface area contributed by atoms with E-state index in [9.17, 15) is 18.0 Å². The molecule has 0 aliphatic carbocycles. The van der Waals surface area contributed by atoms with Crippen LogP contribution in [0.5, 0.6) is 0 Å². The molecule has 2 heterocycles. The van der Waals surface area contributed by atoms with E-state index in [0.717, 1.165) is 17.8 Å². The van der Waals surface area contributed by atoms with Gasteiger partial charge < -0.3 is 10.7 Å². The Bertz CT molecular complexity index is 1050. The van der Waals surface area contributed by atoms with Crippen molar-refractivity contribution in [1.82, 2.24) is 9.97 Å². The summed E-state index contributed by atoms with van der Waals surface area (Å²) in [5.41, 5.74) is 1.62. The molecule has 3 aromatic rings. The molecule has 0 aliphatic heterocycles. The van der Waals surface area contributed by atoms with Crippen molar-refractivity contribution in [2.24, 2.45) is 0 Å². The molecule has 8 heteroatoms. The summed E-state index contributed by atoms with van der Waals surface area (Å²) in [6, 6.07) is 12.0. The molecule has 0 saturated carbocycles. The van der Waals surface area contributed by atoms with Gasteiger partial charge in [-0.25, -0.2) is 4.98 Å². The number of Topliss-reactive ketones (excluding diaryl/α,β-unsaturated/α-hetero) is 1. The van der Waals surface area contributed by atoms with Crippen LogP contribution in [0.15, 0.2) is 54.7 Å². The normalized spacial score (nSPS) is 11.1. The van der Waals surface area contributed by atoms with Crippen molar-refractivity contribution in [2.75, 3.05) is 5.32 Å². The van der Waals surface area contributed by atoms with E-state index >= 15 is 0 Å². The number of hydrogen-bond acceptors (Lipinski definition) is 5. The van der Waals surface area contributed by atoms with Crippen molar-refractivity contribution in [2.45, 2.75) is 13.1 Å². The molecule has 2 aromatic heterocycles.